The second kappa shape index (κ2) is 10.7. The van der Waals surface area contributed by atoms with Gasteiger partial charge in [0.05, 0.1) is 28.5 Å². The minimum atomic E-state index is -0.559. The lowest BCUT2D eigenvalue weighted by Crippen LogP contribution is -2.39. The second-order valence-electron chi connectivity index (χ2n) is 9.15. The van der Waals surface area contributed by atoms with Gasteiger partial charge in [0.15, 0.2) is 4.80 Å². The van der Waals surface area contributed by atoms with Crippen LogP contribution in [0.15, 0.2) is 62.8 Å². The van der Waals surface area contributed by atoms with Gasteiger partial charge in [-0.1, -0.05) is 43.4 Å². The smallest absolute Gasteiger partial charge is 0.338 e. The van der Waals surface area contributed by atoms with E-state index in [1.54, 1.807) is 11.5 Å². The number of rotatable bonds is 8. The zero-order valence-corrected chi connectivity index (χ0v) is 22.2. The van der Waals surface area contributed by atoms with Gasteiger partial charge in [0.25, 0.3) is 5.56 Å². The van der Waals surface area contributed by atoms with Gasteiger partial charge in [-0.05, 0) is 68.3 Å². The van der Waals surface area contributed by atoms with Crippen LogP contribution in [0.4, 0.5) is 0 Å². The molecule has 3 aromatic rings. The minimum absolute atomic E-state index is 0.174. The van der Waals surface area contributed by atoms with Gasteiger partial charge in [0, 0.05) is 4.88 Å². The molecular formula is C27H30N2O4S2. The number of esters is 1. The molecule has 0 saturated carbocycles. The number of ether oxygens (including phenoxy) is 2. The summed E-state index contributed by atoms with van der Waals surface area (Å²) < 4.78 is 13.5. The van der Waals surface area contributed by atoms with Crippen molar-refractivity contribution in [2.75, 3.05) is 6.61 Å². The first-order valence-corrected chi connectivity index (χ1v) is 13.4. The monoisotopic (exact) mass is 510 g/mol. The zero-order chi connectivity index (χ0) is 25.1. The Kier molecular flexibility index (Phi) is 7.72. The molecule has 4 rings (SSSR count). The molecule has 3 heterocycles. The average Bonchev–Trinajstić information content (AvgIpc) is 3.42. The topological polar surface area (TPSA) is 69.9 Å². The Morgan fingerprint density at radius 2 is 1.91 bits per heavy atom. The quantitative estimate of drug-likeness (QED) is 0.413. The van der Waals surface area contributed by atoms with E-state index in [1.165, 1.54) is 22.7 Å². The van der Waals surface area contributed by atoms with Crippen molar-refractivity contribution in [3.63, 3.8) is 0 Å². The van der Waals surface area contributed by atoms with E-state index < -0.39 is 12.0 Å². The summed E-state index contributed by atoms with van der Waals surface area (Å²) in [6.45, 7) is 10.4. The lowest BCUT2D eigenvalue weighted by molar-refractivity contribution is -0.143. The minimum Gasteiger partial charge on any atom is -0.494 e. The summed E-state index contributed by atoms with van der Waals surface area (Å²) in [6, 6.07) is 11.0. The molecular weight excluding hydrogens is 480 g/mol. The molecule has 184 valence electrons. The highest BCUT2D eigenvalue weighted by Crippen LogP contribution is 2.33. The van der Waals surface area contributed by atoms with Crippen LogP contribution >= 0.6 is 22.7 Å². The van der Waals surface area contributed by atoms with E-state index in [0.29, 0.717) is 33.1 Å². The van der Waals surface area contributed by atoms with Crippen LogP contribution in [0.25, 0.3) is 6.08 Å². The van der Waals surface area contributed by atoms with Gasteiger partial charge in [-0.2, -0.15) is 0 Å². The number of thiazole rings is 1. The van der Waals surface area contributed by atoms with Gasteiger partial charge in [-0.15, -0.1) is 11.3 Å². The number of benzene rings is 1. The van der Waals surface area contributed by atoms with E-state index in [2.05, 4.69) is 18.8 Å². The standard InChI is InChI=1S/C27H30N2O4S2/c1-16(2)12-13-32-20-10-8-19(9-11-20)15-22-25(30)29-24(21-7-6-14-34-21)23(26(31)33-17(3)4)18(5)28-27(29)35-22/h6-11,14-17,24H,12-13H2,1-5H3/b22-15+. The fourth-order valence-corrected chi connectivity index (χ4v) is 5.67. The molecule has 6 nitrogen and oxygen atoms in total. The molecule has 1 aromatic carbocycles. The fourth-order valence-electron chi connectivity index (χ4n) is 3.80. The number of aromatic nitrogens is 1. The summed E-state index contributed by atoms with van der Waals surface area (Å²) in [4.78, 5) is 32.7. The Labute approximate surface area is 212 Å². The van der Waals surface area contributed by atoms with Gasteiger partial charge < -0.3 is 9.47 Å². The lowest BCUT2D eigenvalue weighted by atomic mass is 10.0. The van der Waals surface area contributed by atoms with Crippen molar-refractivity contribution in [3.8, 4) is 5.75 Å². The Balaban J connectivity index is 1.72. The Morgan fingerprint density at radius 1 is 1.17 bits per heavy atom. The Bertz CT molecular complexity index is 1390. The number of carbonyl (C=O) groups excluding carboxylic acids is 1. The lowest BCUT2D eigenvalue weighted by Gasteiger charge is -2.24. The molecule has 1 unspecified atom stereocenters. The summed E-state index contributed by atoms with van der Waals surface area (Å²) in [5.74, 6) is 0.961. The van der Waals surface area contributed by atoms with Crippen LogP contribution in [0, 0.1) is 5.92 Å². The molecule has 1 aliphatic rings. The van der Waals surface area contributed by atoms with E-state index in [0.717, 1.165) is 22.6 Å². The van der Waals surface area contributed by atoms with Crippen LogP contribution in [0.3, 0.4) is 0 Å². The molecule has 2 aromatic heterocycles. The van der Waals surface area contributed by atoms with Crippen LogP contribution in [0.2, 0.25) is 0 Å². The maximum absolute atomic E-state index is 13.6. The maximum atomic E-state index is 13.6. The van der Waals surface area contributed by atoms with Gasteiger partial charge in [0.2, 0.25) is 0 Å². The molecule has 0 amide bonds. The average molecular weight is 511 g/mol. The van der Waals surface area contributed by atoms with Crippen molar-refractivity contribution in [1.82, 2.24) is 4.57 Å². The highest BCUT2D eigenvalue weighted by molar-refractivity contribution is 7.10. The van der Waals surface area contributed by atoms with Crippen molar-refractivity contribution >= 4 is 34.7 Å². The molecule has 1 aliphatic heterocycles. The number of carbonyl (C=O) groups is 1. The number of allylic oxidation sites excluding steroid dienone is 1. The third-order valence-electron chi connectivity index (χ3n) is 5.54. The SMILES string of the molecule is CC1=C(C(=O)OC(C)C)C(c2cccs2)n2c(s/c(=C/c3ccc(OCCC(C)C)cc3)c2=O)=N1. The van der Waals surface area contributed by atoms with Crippen LogP contribution in [-0.4, -0.2) is 23.2 Å². The molecule has 8 heteroatoms. The van der Waals surface area contributed by atoms with E-state index >= 15 is 0 Å². The maximum Gasteiger partial charge on any atom is 0.338 e. The van der Waals surface area contributed by atoms with Crippen molar-refractivity contribution in [3.05, 3.63) is 83.2 Å². The number of nitrogens with zero attached hydrogens (tertiary/aromatic N) is 2. The molecule has 0 N–H and O–H groups in total. The van der Waals surface area contributed by atoms with E-state index in [1.807, 2.05) is 61.7 Å². The third kappa shape index (κ3) is 5.65. The molecule has 1 atom stereocenters. The summed E-state index contributed by atoms with van der Waals surface area (Å²) >= 11 is 2.83. The van der Waals surface area contributed by atoms with Crippen LogP contribution < -0.4 is 19.6 Å². The normalized spacial score (nSPS) is 16.0. The first-order valence-electron chi connectivity index (χ1n) is 11.7. The first kappa shape index (κ1) is 25.1. The van der Waals surface area contributed by atoms with Crippen molar-refractivity contribution < 1.29 is 14.3 Å². The molecule has 0 radical (unpaired) electrons. The van der Waals surface area contributed by atoms with Gasteiger partial charge in [-0.25, -0.2) is 9.79 Å². The molecule has 0 aliphatic carbocycles. The van der Waals surface area contributed by atoms with E-state index in [4.69, 9.17) is 9.47 Å². The van der Waals surface area contributed by atoms with Gasteiger partial charge >= 0.3 is 5.97 Å². The summed E-state index contributed by atoms with van der Waals surface area (Å²) in [7, 11) is 0. The molecule has 0 saturated heterocycles. The van der Waals surface area contributed by atoms with Crippen molar-refractivity contribution in [2.24, 2.45) is 10.9 Å². The summed E-state index contributed by atoms with van der Waals surface area (Å²) in [6.07, 6.45) is 2.59. The highest BCUT2D eigenvalue weighted by Gasteiger charge is 2.34. The number of thiophene rings is 1. The Hall–Kier alpha value is -2.97. The third-order valence-corrected chi connectivity index (χ3v) is 7.45. The van der Waals surface area contributed by atoms with E-state index in [-0.39, 0.29) is 11.7 Å². The summed E-state index contributed by atoms with van der Waals surface area (Å²) in [5.41, 5.74) is 1.70. The molecule has 35 heavy (non-hydrogen) atoms. The predicted molar refractivity (Wildman–Crippen MR) is 141 cm³/mol. The van der Waals surface area contributed by atoms with Gasteiger partial charge in [-0.3, -0.25) is 9.36 Å². The van der Waals surface area contributed by atoms with Crippen LogP contribution in [-0.2, 0) is 9.53 Å². The largest absolute Gasteiger partial charge is 0.494 e. The number of hydrogen-bond donors (Lipinski definition) is 0. The van der Waals surface area contributed by atoms with E-state index in [9.17, 15) is 9.59 Å². The zero-order valence-electron chi connectivity index (χ0n) is 20.6. The van der Waals surface area contributed by atoms with Crippen LogP contribution in [0.5, 0.6) is 5.75 Å². The van der Waals surface area contributed by atoms with Crippen molar-refractivity contribution in [2.45, 2.75) is 53.2 Å². The van der Waals surface area contributed by atoms with Gasteiger partial charge in [0.1, 0.15) is 11.8 Å². The highest BCUT2D eigenvalue weighted by atomic mass is 32.1. The predicted octanol–water partition coefficient (Wildman–Crippen LogP) is 4.67. The first-order chi connectivity index (χ1) is 16.7. The summed E-state index contributed by atoms with van der Waals surface area (Å²) in [5, 5.41) is 1.94. The fraction of sp³-hybridized carbons (Fsp3) is 0.370. The Morgan fingerprint density at radius 3 is 2.54 bits per heavy atom. The van der Waals surface area contributed by atoms with Crippen molar-refractivity contribution in [1.29, 1.82) is 0 Å². The second-order valence-corrected chi connectivity index (χ2v) is 11.1. The molecule has 0 fully saturated rings. The number of fused-ring (bicyclic) bond motifs is 1. The molecule has 0 bridgehead atoms. The molecule has 0 spiro atoms. The number of hydrogen-bond acceptors (Lipinski definition) is 7. The van der Waals surface area contributed by atoms with Crippen LogP contribution in [0.1, 0.15) is 57.5 Å².